The van der Waals surface area contributed by atoms with E-state index >= 15 is 0 Å². The number of fused-ring (bicyclic) bond motifs is 6. The monoisotopic (exact) mass is 690 g/mol. The van der Waals surface area contributed by atoms with Gasteiger partial charge in [-0.3, -0.25) is 8.57 Å². The summed E-state index contributed by atoms with van der Waals surface area (Å²) in [5.41, 5.74) is 4.24. The zero-order valence-corrected chi connectivity index (χ0v) is 28.6. The molecule has 5 aromatic carbocycles. The average molecular weight is 691 g/mol. The number of nitrogens with zero attached hydrogens (tertiary/aromatic N) is 2. The van der Waals surface area contributed by atoms with Crippen LogP contribution < -0.4 is 0 Å². The second-order valence-electron chi connectivity index (χ2n) is 10.9. The van der Waals surface area contributed by atoms with Gasteiger partial charge in [-0.15, -0.1) is 23.5 Å². The largest absolute Gasteiger partial charge is 0.358 e. The minimum atomic E-state index is -3.94. The van der Waals surface area contributed by atoms with Gasteiger partial charge in [-0.2, -0.15) is 16.8 Å². The highest BCUT2D eigenvalue weighted by molar-refractivity contribution is 8.01. The molecule has 2 aliphatic rings. The van der Waals surface area contributed by atoms with Crippen molar-refractivity contribution in [3.63, 3.8) is 0 Å². The number of oxime groups is 2. The maximum Gasteiger partial charge on any atom is 0.358 e. The quantitative estimate of drug-likeness (QED) is 0.172. The molecule has 0 aromatic heterocycles. The molecular weight excluding hydrogens is 661 g/mol. The highest BCUT2D eigenvalue weighted by Gasteiger charge is 2.30. The number of rotatable bonds is 5. The lowest BCUT2D eigenvalue weighted by molar-refractivity contribution is 0.338. The highest BCUT2D eigenvalue weighted by atomic mass is 32.2. The zero-order valence-electron chi connectivity index (χ0n) is 25.4. The normalized spacial score (nSPS) is 19.1. The molecule has 2 heterocycles. The van der Waals surface area contributed by atoms with E-state index in [1.165, 1.54) is 12.1 Å². The second-order valence-corrected chi connectivity index (χ2v) is 16.8. The van der Waals surface area contributed by atoms with Crippen molar-refractivity contribution in [1.29, 1.82) is 0 Å². The minimum Gasteiger partial charge on any atom is -0.268 e. The second kappa shape index (κ2) is 12.7. The van der Waals surface area contributed by atoms with Crippen molar-refractivity contribution in [3.05, 3.63) is 114 Å². The van der Waals surface area contributed by atoms with Crippen LogP contribution in [0, 0.1) is 6.92 Å². The van der Waals surface area contributed by atoms with Gasteiger partial charge in [-0.1, -0.05) is 88.7 Å². The third-order valence-corrected chi connectivity index (χ3v) is 11.3. The lowest BCUT2D eigenvalue weighted by Gasteiger charge is -2.07. The third kappa shape index (κ3) is 6.66. The van der Waals surface area contributed by atoms with E-state index in [1.807, 2.05) is 75.4 Å². The zero-order chi connectivity index (χ0) is 32.6. The molecule has 0 radical (unpaired) electrons. The molecule has 8 nitrogen and oxygen atoms in total. The molecule has 46 heavy (non-hydrogen) atoms. The fraction of sp³-hybridized carbons (Fsp3) is 0.176. The maximum atomic E-state index is 12.4. The molecule has 0 fully saturated rings. The van der Waals surface area contributed by atoms with Gasteiger partial charge in [0.1, 0.15) is 16.3 Å². The molecule has 0 bridgehead atoms. The summed E-state index contributed by atoms with van der Waals surface area (Å²) < 4.78 is 56.9. The Morgan fingerprint density at radius 1 is 0.609 bits per heavy atom. The van der Waals surface area contributed by atoms with Crippen molar-refractivity contribution in [3.8, 4) is 0 Å². The first-order valence-electron chi connectivity index (χ1n) is 14.3. The van der Waals surface area contributed by atoms with Crippen molar-refractivity contribution < 1.29 is 25.4 Å². The number of thioether (sulfide) groups is 2. The molecule has 0 spiro atoms. The Kier molecular flexibility index (Phi) is 8.90. The van der Waals surface area contributed by atoms with Crippen molar-refractivity contribution >= 4 is 76.7 Å². The Bertz CT molecular complexity index is 2250. The molecule has 2 aliphatic heterocycles. The molecule has 5 aromatic rings. The molecule has 0 aliphatic carbocycles. The van der Waals surface area contributed by atoms with Crippen molar-refractivity contribution in [2.45, 2.75) is 46.0 Å². The van der Waals surface area contributed by atoms with Gasteiger partial charge >= 0.3 is 20.2 Å². The summed E-state index contributed by atoms with van der Waals surface area (Å²) in [5, 5.41) is 12.4. The fourth-order valence-corrected chi connectivity index (χ4v) is 8.53. The van der Waals surface area contributed by atoms with Crippen LogP contribution in [0.2, 0.25) is 0 Å². The number of benzene rings is 5. The number of hydrogen-bond donors (Lipinski definition) is 0. The predicted molar refractivity (Wildman–Crippen MR) is 187 cm³/mol. The number of hydrogen-bond acceptors (Lipinski definition) is 10. The molecule has 7 rings (SSSR count). The van der Waals surface area contributed by atoms with Crippen LogP contribution in [-0.2, 0) is 28.8 Å². The van der Waals surface area contributed by atoms with Gasteiger partial charge in [0.05, 0.1) is 16.8 Å². The van der Waals surface area contributed by atoms with E-state index in [4.69, 9.17) is 4.28 Å². The van der Waals surface area contributed by atoms with Crippen LogP contribution in [0.3, 0.4) is 0 Å². The van der Waals surface area contributed by atoms with Crippen LogP contribution in [0.4, 0.5) is 0 Å². The smallest absolute Gasteiger partial charge is 0.268 e. The standard InChI is InChI=1S/C20H17NO3S2.C14H13NO3S2/c1-13-7-10-16(11-8-13)26(22,23)24-21-20-14(2)25-18-12-9-15-5-3-4-6-17(15)19(18)20;1-9-14(15-18-20(2,16)17)13-11-6-4-3-5-10(11)7-8-12(13)19-9/h3-12,14H,1-2H3;3-9H,1-2H3/b21-20+;15-14+. The Morgan fingerprint density at radius 3 is 1.54 bits per heavy atom. The molecule has 12 heteroatoms. The topological polar surface area (TPSA) is 111 Å². The summed E-state index contributed by atoms with van der Waals surface area (Å²) in [5.74, 6) is 0. The van der Waals surface area contributed by atoms with Crippen LogP contribution in [0.5, 0.6) is 0 Å². The predicted octanol–water partition coefficient (Wildman–Crippen LogP) is 7.77. The summed E-state index contributed by atoms with van der Waals surface area (Å²) in [6, 6.07) is 30.8. The molecule has 2 atom stereocenters. The van der Waals surface area contributed by atoms with Gasteiger partial charge in [0.15, 0.2) is 0 Å². The van der Waals surface area contributed by atoms with Crippen molar-refractivity contribution in [2.75, 3.05) is 6.26 Å². The average Bonchev–Trinajstić information content (AvgIpc) is 3.54. The Balaban J connectivity index is 0.000000167. The van der Waals surface area contributed by atoms with E-state index in [0.717, 1.165) is 54.3 Å². The van der Waals surface area contributed by atoms with Crippen LogP contribution in [-0.4, -0.2) is 45.0 Å². The molecule has 0 amide bonds. The lowest BCUT2D eigenvalue weighted by Crippen LogP contribution is -2.12. The van der Waals surface area contributed by atoms with Gasteiger partial charge in [0.2, 0.25) is 0 Å². The van der Waals surface area contributed by atoms with Gasteiger partial charge < -0.3 is 0 Å². The van der Waals surface area contributed by atoms with Crippen LogP contribution in [0.25, 0.3) is 21.5 Å². The van der Waals surface area contributed by atoms with Gasteiger partial charge in [-0.05, 0) is 66.6 Å². The molecule has 236 valence electrons. The van der Waals surface area contributed by atoms with Crippen LogP contribution in [0.15, 0.2) is 122 Å². The number of aryl methyl sites for hydroxylation is 1. The van der Waals surface area contributed by atoms with E-state index in [0.29, 0.717) is 11.4 Å². The molecular formula is C34H30N2O6S4. The molecule has 0 saturated carbocycles. The van der Waals surface area contributed by atoms with E-state index in [1.54, 1.807) is 35.7 Å². The first-order valence-corrected chi connectivity index (χ1v) is 19.3. The van der Waals surface area contributed by atoms with Gasteiger partial charge in [0.25, 0.3) is 0 Å². The van der Waals surface area contributed by atoms with E-state index < -0.39 is 20.2 Å². The summed E-state index contributed by atoms with van der Waals surface area (Å²) >= 11 is 3.32. The molecule has 2 unspecified atom stereocenters. The Labute approximate surface area is 277 Å². The summed E-state index contributed by atoms with van der Waals surface area (Å²) in [6.45, 7) is 5.89. The van der Waals surface area contributed by atoms with Crippen LogP contribution in [0.1, 0.15) is 30.5 Å². The fourth-order valence-electron chi connectivity index (χ4n) is 5.31. The van der Waals surface area contributed by atoms with Gasteiger partial charge in [0, 0.05) is 20.9 Å². The molecule has 0 N–H and O–H groups in total. The minimum absolute atomic E-state index is 0.0176. The first kappa shape index (κ1) is 32.1. The first-order chi connectivity index (χ1) is 21.9. The van der Waals surface area contributed by atoms with Crippen molar-refractivity contribution in [2.24, 2.45) is 10.3 Å². The third-order valence-electron chi connectivity index (χ3n) is 7.49. The van der Waals surface area contributed by atoms with Crippen molar-refractivity contribution in [1.82, 2.24) is 0 Å². The Hall–Kier alpha value is -3.84. The van der Waals surface area contributed by atoms with E-state index in [9.17, 15) is 16.8 Å². The Morgan fingerprint density at radius 2 is 1.07 bits per heavy atom. The SMILES string of the molecule is CC1Sc2ccc3ccccc3c2/C1=N/OS(C)(=O)=O.Cc1ccc(S(=O)(=O)O/N=C2/c3c(ccc4ccccc34)SC2C)cc1. The lowest BCUT2D eigenvalue weighted by atomic mass is 10.00. The maximum absolute atomic E-state index is 12.4. The van der Waals surface area contributed by atoms with E-state index in [-0.39, 0.29) is 15.4 Å². The van der Waals surface area contributed by atoms with Crippen LogP contribution >= 0.6 is 23.5 Å². The van der Waals surface area contributed by atoms with Gasteiger partial charge in [-0.25, -0.2) is 0 Å². The summed E-state index contributed by atoms with van der Waals surface area (Å²) in [4.78, 5) is 2.29. The summed E-state index contributed by atoms with van der Waals surface area (Å²) in [6.07, 6.45) is 0.994. The van der Waals surface area contributed by atoms with E-state index in [2.05, 4.69) is 32.8 Å². The summed E-state index contributed by atoms with van der Waals surface area (Å²) in [7, 11) is -7.53. The molecule has 0 saturated heterocycles. The highest BCUT2D eigenvalue weighted by Crippen LogP contribution is 2.42.